The zero-order valence-corrected chi connectivity index (χ0v) is 16.6. The lowest BCUT2D eigenvalue weighted by atomic mass is 10.3. The van der Waals surface area contributed by atoms with Gasteiger partial charge in [-0.3, -0.25) is 0 Å². The molecule has 0 saturated carbocycles. The summed E-state index contributed by atoms with van der Waals surface area (Å²) in [6.07, 6.45) is 6.17. The number of fused-ring (bicyclic) bond motifs is 1. The smallest absolute Gasteiger partial charge is 0.244 e. The molecule has 4 heterocycles. The molecule has 1 saturated heterocycles. The van der Waals surface area contributed by atoms with Crippen LogP contribution in [0.25, 0.3) is 5.65 Å². The molecule has 0 amide bonds. The number of rotatable bonds is 6. The van der Waals surface area contributed by atoms with Crippen molar-refractivity contribution in [2.75, 3.05) is 45.1 Å². The molecule has 1 fully saturated rings. The van der Waals surface area contributed by atoms with Crippen molar-refractivity contribution in [3.63, 3.8) is 0 Å². The number of hydrogen-bond donors (Lipinski definition) is 1. The molecule has 0 spiro atoms. The van der Waals surface area contributed by atoms with E-state index in [9.17, 15) is 8.42 Å². The standard InChI is InChI=1S/C19H24N6O2S/c1-23-10-12-25(13-11-23)28(26,27)17-5-6-18(21-14-17)20-8-7-16-15-24-9-3-2-4-19(24)22-16/h2-6,9,14-15H,7-8,10-13H2,1H3,(H,20,21). The number of piperazine rings is 1. The molecule has 0 radical (unpaired) electrons. The molecule has 8 nitrogen and oxygen atoms in total. The summed E-state index contributed by atoms with van der Waals surface area (Å²) in [7, 11) is -1.48. The van der Waals surface area contributed by atoms with Crippen LogP contribution >= 0.6 is 0 Å². The van der Waals surface area contributed by atoms with Crippen molar-refractivity contribution < 1.29 is 8.42 Å². The fourth-order valence-electron chi connectivity index (χ4n) is 3.24. The van der Waals surface area contributed by atoms with Crippen LogP contribution in [-0.2, 0) is 16.4 Å². The van der Waals surface area contributed by atoms with Gasteiger partial charge in [0.2, 0.25) is 10.0 Å². The fraction of sp³-hybridized carbons (Fsp3) is 0.368. The first-order chi connectivity index (χ1) is 13.5. The number of pyridine rings is 2. The Morgan fingerprint density at radius 3 is 2.64 bits per heavy atom. The summed E-state index contributed by atoms with van der Waals surface area (Å²) in [6, 6.07) is 9.24. The highest BCUT2D eigenvalue weighted by Crippen LogP contribution is 2.18. The lowest BCUT2D eigenvalue weighted by molar-refractivity contribution is 0.222. The van der Waals surface area contributed by atoms with E-state index in [1.54, 1.807) is 12.1 Å². The van der Waals surface area contributed by atoms with Gasteiger partial charge >= 0.3 is 0 Å². The number of sulfonamides is 1. The highest BCUT2D eigenvalue weighted by molar-refractivity contribution is 7.89. The number of imidazole rings is 1. The van der Waals surface area contributed by atoms with E-state index in [1.165, 1.54) is 10.5 Å². The van der Waals surface area contributed by atoms with Crippen molar-refractivity contribution in [1.82, 2.24) is 23.6 Å². The highest BCUT2D eigenvalue weighted by Gasteiger charge is 2.27. The molecular formula is C19H24N6O2S. The second-order valence-corrected chi connectivity index (χ2v) is 8.90. The number of aromatic nitrogens is 3. The SMILES string of the molecule is CN1CCN(S(=O)(=O)c2ccc(NCCc3cn4ccccc4n3)nc2)CC1. The van der Waals surface area contributed by atoms with Crippen LogP contribution in [0, 0.1) is 0 Å². The van der Waals surface area contributed by atoms with Gasteiger partial charge in [-0.15, -0.1) is 0 Å². The van der Waals surface area contributed by atoms with Crippen molar-refractivity contribution in [3.05, 3.63) is 54.6 Å². The fourth-order valence-corrected chi connectivity index (χ4v) is 4.61. The van der Waals surface area contributed by atoms with Crippen LogP contribution in [-0.4, -0.2) is 71.8 Å². The second kappa shape index (κ2) is 7.86. The Morgan fingerprint density at radius 2 is 1.93 bits per heavy atom. The minimum Gasteiger partial charge on any atom is -0.370 e. The number of nitrogens with zero attached hydrogens (tertiary/aromatic N) is 5. The van der Waals surface area contributed by atoms with Gasteiger partial charge in [0.1, 0.15) is 16.4 Å². The maximum Gasteiger partial charge on any atom is 0.244 e. The summed E-state index contributed by atoms with van der Waals surface area (Å²) in [5.41, 5.74) is 1.92. The minimum absolute atomic E-state index is 0.239. The first kappa shape index (κ1) is 18.9. The van der Waals surface area contributed by atoms with Gasteiger partial charge in [-0.1, -0.05) is 6.07 Å². The summed E-state index contributed by atoms with van der Waals surface area (Å²) in [5.74, 6) is 0.654. The molecule has 1 aliphatic heterocycles. The monoisotopic (exact) mass is 400 g/mol. The van der Waals surface area contributed by atoms with Crippen LogP contribution in [0.5, 0.6) is 0 Å². The van der Waals surface area contributed by atoms with Gasteiger partial charge in [0.25, 0.3) is 0 Å². The number of likely N-dealkylation sites (N-methyl/N-ethyl adjacent to an activating group) is 1. The first-order valence-corrected chi connectivity index (χ1v) is 10.8. The maximum absolute atomic E-state index is 12.7. The molecule has 0 atom stereocenters. The zero-order valence-electron chi connectivity index (χ0n) is 15.8. The Bertz CT molecular complexity index is 1010. The third-order valence-corrected chi connectivity index (χ3v) is 6.82. The van der Waals surface area contributed by atoms with E-state index in [4.69, 9.17) is 0 Å². The van der Waals surface area contributed by atoms with E-state index in [0.717, 1.165) is 30.9 Å². The summed E-state index contributed by atoms with van der Waals surface area (Å²) in [6.45, 7) is 3.18. The Labute approximate surface area is 164 Å². The van der Waals surface area contributed by atoms with Gasteiger partial charge in [-0.2, -0.15) is 4.31 Å². The average Bonchev–Trinajstić information content (AvgIpc) is 3.11. The summed E-state index contributed by atoms with van der Waals surface area (Å²) in [5, 5.41) is 3.23. The lowest BCUT2D eigenvalue weighted by Crippen LogP contribution is -2.47. The molecule has 148 valence electrons. The lowest BCUT2D eigenvalue weighted by Gasteiger charge is -2.31. The summed E-state index contributed by atoms with van der Waals surface area (Å²) in [4.78, 5) is 11.2. The Balaban J connectivity index is 1.35. The molecule has 1 aliphatic rings. The molecular weight excluding hydrogens is 376 g/mol. The van der Waals surface area contributed by atoms with E-state index in [-0.39, 0.29) is 4.90 Å². The predicted molar refractivity (Wildman–Crippen MR) is 108 cm³/mol. The molecule has 9 heteroatoms. The molecule has 28 heavy (non-hydrogen) atoms. The topological polar surface area (TPSA) is 82.8 Å². The van der Waals surface area contributed by atoms with Gasteiger partial charge in [-0.25, -0.2) is 18.4 Å². The third-order valence-electron chi connectivity index (χ3n) is 4.94. The van der Waals surface area contributed by atoms with Crippen molar-refractivity contribution in [1.29, 1.82) is 0 Å². The van der Waals surface area contributed by atoms with E-state index >= 15 is 0 Å². The quantitative estimate of drug-likeness (QED) is 0.672. The molecule has 0 aromatic carbocycles. The minimum atomic E-state index is -3.48. The van der Waals surface area contributed by atoms with Crippen molar-refractivity contribution in [2.45, 2.75) is 11.3 Å². The van der Waals surface area contributed by atoms with Gasteiger partial charge in [0.15, 0.2) is 0 Å². The van der Waals surface area contributed by atoms with E-state index in [1.807, 2.05) is 42.0 Å². The van der Waals surface area contributed by atoms with Crippen LogP contribution in [0.1, 0.15) is 5.69 Å². The van der Waals surface area contributed by atoms with Crippen LogP contribution < -0.4 is 5.32 Å². The zero-order chi connectivity index (χ0) is 19.6. The van der Waals surface area contributed by atoms with Gasteiger partial charge < -0.3 is 14.6 Å². The highest BCUT2D eigenvalue weighted by atomic mass is 32.2. The predicted octanol–water partition coefficient (Wildman–Crippen LogP) is 1.32. The van der Waals surface area contributed by atoms with E-state index in [0.29, 0.717) is 25.5 Å². The average molecular weight is 401 g/mol. The second-order valence-electron chi connectivity index (χ2n) is 6.96. The molecule has 4 rings (SSSR count). The van der Waals surface area contributed by atoms with Gasteiger partial charge in [-0.05, 0) is 31.3 Å². The first-order valence-electron chi connectivity index (χ1n) is 9.33. The van der Waals surface area contributed by atoms with E-state index < -0.39 is 10.0 Å². The Hall–Kier alpha value is -2.49. The summed E-state index contributed by atoms with van der Waals surface area (Å²) >= 11 is 0. The number of nitrogens with one attached hydrogen (secondary N) is 1. The molecule has 0 bridgehead atoms. The largest absolute Gasteiger partial charge is 0.370 e. The van der Waals surface area contributed by atoms with E-state index in [2.05, 4.69) is 20.2 Å². The van der Waals surface area contributed by atoms with Crippen LogP contribution in [0.3, 0.4) is 0 Å². The van der Waals surface area contributed by atoms with Gasteiger partial charge in [0, 0.05) is 57.7 Å². The van der Waals surface area contributed by atoms with Crippen LogP contribution in [0.4, 0.5) is 5.82 Å². The molecule has 1 N–H and O–H groups in total. The molecule has 3 aromatic rings. The van der Waals surface area contributed by atoms with Crippen LogP contribution in [0.2, 0.25) is 0 Å². The molecule has 0 unspecified atom stereocenters. The molecule has 0 aliphatic carbocycles. The van der Waals surface area contributed by atoms with Crippen molar-refractivity contribution in [2.24, 2.45) is 0 Å². The van der Waals surface area contributed by atoms with Crippen molar-refractivity contribution >= 4 is 21.5 Å². The number of anilines is 1. The summed E-state index contributed by atoms with van der Waals surface area (Å²) < 4.78 is 29.0. The Kier molecular flexibility index (Phi) is 5.29. The van der Waals surface area contributed by atoms with Crippen LogP contribution in [0.15, 0.2) is 53.8 Å². The maximum atomic E-state index is 12.7. The third kappa shape index (κ3) is 4.01. The van der Waals surface area contributed by atoms with Crippen molar-refractivity contribution in [3.8, 4) is 0 Å². The normalized spacial score (nSPS) is 16.5. The number of hydrogen-bond acceptors (Lipinski definition) is 6. The Morgan fingerprint density at radius 1 is 1.11 bits per heavy atom. The molecule has 3 aromatic heterocycles. The van der Waals surface area contributed by atoms with Gasteiger partial charge in [0.05, 0.1) is 5.69 Å².